The van der Waals surface area contributed by atoms with E-state index in [9.17, 15) is 14.7 Å². The SMILES string of the molecule is C=CCOc1ccc(C(O)=C2C(=O)C(=O)N(Cc3cccnc3)[C@@H]2c2ccco2)cc1. The molecule has 7 heteroatoms. The molecule has 1 N–H and O–H groups in total. The van der Waals surface area contributed by atoms with Gasteiger partial charge in [0.15, 0.2) is 0 Å². The Morgan fingerprint density at radius 2 is 2.00 bits per heavy atom. The van der Waals surface area contributed by atoms with E-state index in [-0.39, 0.29) is 17.9 Å². The largest absolute Gasteiger partial charge is 0.507 e. The summed E-state index contributed by atoms with van der Waals surface area (Å²) in [5, 5.41) is 11.0. The first-order chi connectivity index (χ1) is 15.1. The summed E-state index contributed by atoms with van der Waals surface area (Å²) in [4.78, 5) is 31.3. The van der Waals surface area contributed by atoms with E-state index < -0.39 is 17.7 Å². The molecule has 2 aromatic heterocycles. The first kappa shape index (κ1) is 20.2. The van der Waals surface area contributed by atoms with Crippen molar-refractivity contribution in [1.29, 1.82) is 0 Å². The van der Waals surface area contributed by atoms with Gasteiger partial charge < -0.3 is 19.2 Å². The molecule has 0 aliphatic carbocycles. The highest BCUT2D eigenvalue weighted by molar-refractivity contribution is 6.46. The molecule has 0 bridgehead atoms. The Morgan fingerprint density at radius 1 is 1.19 bits per heavy atom. The molecule has 7 nitrogen and oxygen atoms in total. The molecular formula is C24H20N2O5. The third-order valence-electron chi connectivity index (χ3n) is 4.92. The second kappa shape index (κ2) is 8.71. The first-order valence-corrected chi connectivity index (χ1v) is 9.65. The van der Waals surface area contributed by atoms with Crippen molar-refractivity contribution in [2.24, 2.45) is 0 Å². The Labute approximate surface area is 178 Å². The third-order valence-corrected chi connectivity index (χ3v) is 4.92. The summed E-state index contributed by atoms with van der Waals surface area (Å²) in [6.45, 7) is 4.10. The number of furan rings is 1. The Bertz CT molecular complexity index is 1120. The highest BCUT2D eigenvalue weighted by atomic mass is 16.5. The van der Waals surface area contributed by atoms with Gasteiger partial charge in [-0.2, -0.15) is 0 Å². The van der Waals surface area contributed by atoms with E-state index in [1.54, 1.807) is 60.9 Å². The summed E-state index contributed by atoms with van der Waals surface area (Å²) in [5.74, 6) is -0.775. The fourth-order valence-corrected chi connectivity index (χ4v) is 3.49. The second-order valence-corrected chi connectivity index (χ2v) is 6.93. The van der Waals surface area contributed by atoms with Crippen molar-refractivity contribution < 1.29 is 23.8 Å². The summed E-state index contributed by atoms with van der Waals surface area (Å²) in [6, 6.07) is 12.7. The van der Waals surface area contributed by atoms with Crippen molar-refractivity contribution in [2.75, 3.05) is 6.61 Å². The predicted molar refractivity (Wildman–Crippen MR) is 113 cm³/mol. The van der Waals surface area contributed by atoms with E-state index in [2.05, 4.69) is 11.6 Å². The zero-order valence-corrected chi connectivity index (χ0v) is 16.6. The first-order valence-electron chi connectivity index (χ1n) is 9.65. The lowest BCUT2D eigenvalue weighted by Gasteiger charge is -2.23. The molecule has 3 heterocycles. The lowest BCUT2D eigenvalue weighted by atomic mass is 9.99. The molecule has 156 valence electrons. The van der Waals surface area contributed by atoms with Crippen LogP contribution in [0.1, 0.15) is 22.9 Å². The zero-order chi connectivity index (χ0) is 21.8. The van der Waals surface area contributed by atoms with Gasteiger partial charge in [0.2, 0.25) is 0 Å². The number of aliphatic hydroxyl groups is 1. The molecule has 1 saturated heterocycles. The van der Waals surface area contributed by atoms with Gasteiger partial charge >= 0.3 is 0 Å². The molecule has 31 heavy (non-hydrogen) atoms. The average molecular weight is 416 g/mol. The van der Waals surface area contributed by atoms with Crippen LogP contribution < -0.4 is 4.74 Å². The molecule has 0 spiro atoms. The highest BCUT2D eigenvalue weighted by Crippen LogP contribution is 2.40. The number of nitrogens with zero attached hydrogens (tertiary/aromatic N) is 2. The fraction of sp³-hybridized carbons (Fsp3) is 0.125. The summed E-state index contributed by atoms with van der Waals surface area (Å²) < 4.78 is 11.0. The van der Waals surface area contributed by atoms with Crippen LogP contribution >= 0.6 is 0 Å². The molecule has 1 aromatic carbocycles. The van der Waals surface area contributed by atoms with E-state index in [0.29, 0.717) is 23.7 Å². The van der Waals surface area contributed by atoms with Gasteiger partial charge in [-0.3, -0.25) is 14.6 Å². The number of rotatable bonds is 7. The van der Waals surface area contributed by atoms with Crippen LogP contribution in [0.2, 0.25) is 0 Å². The summed E-state index contributed by atoms with van der Waals surface area (Å²) >= 11 is 0. The van der Waals surface area contributed by atoms with Crippen LogP contribution in [-0.2, 0) is 16.1 Å². The number of amides is 1. The monoisotopic (exact) mass is 416 g/mol. The van der Waals surface area contributed by atoms with Crippen LogP contribution in [-0.4, -0.2) is 33.3 Å². The second-order valence-electron chi connectivity index (χ2n) is 6.93. The van der Waals surface area contributed by atoms with Gasteiger partial charge in [0.05, 0.1) is 11.8 Å². The number of pyridine rings is 1. The molecule has 0 radical (unpaired) electrons. The van der Waals surface area contributed by atoms with Gasteiger partial charge in [-0.25, -0.2) is 0 Å². The number of benzene rings is 1. The van der Waals surface area contributed by atoms with Gasteiger partial charge in [0.25, 0.3) is 11.7 Å². The molecule has 0 unspecified atom stereocenters. The quantitative estimate of drug-likeness (QED) is 0.272. The van der Waals surface area contributed by atoms with Crippen molar-refractivity contribution in [1.82, 2.24) is 9.88 Å². The predicted octanol–water partition coefficient (Wildman–Crippen LogP) is 3.86. The number of ether oxygens (including phenoxy) is 1. The van der Waals surface area contributed by atoms with E-state index in [1.165, 1.54) is 11.2 Å². The van der Waals surface area contributed by atoms with Crippen LogP contribution in [0.25, 0.3) is 5.76 Å². The Hall–Kier alpha value is -4.13. The molecule has 3 aromatic rings. The van der Waals surface area contributed by atoms with Crippen molar-refractivity contribution in [2.45, 2.75) is 12.6 Å². The lowest BCUT2D eigenvalue weighted by Crippen LogP contribution is -2.29. The standard InChI is InChI=1S/C24H20N2O5/c1-2-12-30-18-9-7-17(8-10-18)22(27)20-21(19-6-4-13-31-19)26(24(29)23(20)28)15-16-5-3-11-25-14-16/h2-11,13-14,21,27H,1,12,15H2/t21-/m1/s1. The van der Waals surface area contributed by atoms with Crippen LogP contribution in [0.3, 0.4) is 0 Å². The topological polar surface area (TPSA) is 92.9 Å². The molecule has 1 aliphatic rings. The molecule has 1 atom stereocenters. The molecule has 1 aliphatic heterocycles. The Balaban J connectivity index is 1.75. The van der Waals surface area contributed by atoms with Gasteiger partial charge in [-0.05, 0) is 48.0 Å². The average Bonchev–Trinajstić information content (AvgIpc) is 3.41. The van der Waals surface area contributed by atoms with Crippen LogP contribution in [0.15, 0.2) is 89.8 Å². The summed E-state index contributed by atoms with van der Waals surface area (Å²) in [6.07, 6.45) is 6.34. The van der Waals surface area contributed by atoms with Crippen molar-refractivity contribution in [3.05, 3.63) is 102 Å². The van der Waals surface area contributed by atoms with Gasteiger partial charge in [0.1, 0.15) is 29.9 Å². The maximum absolute atomic E-state index is 12.9. The number of Topliss-reactive ketones (excluding diaryl/α,β-unsaturated/α-hetero) is 1. The number of likely N-dealkylation sites (tertiary alicyclic amines) is 1. The van der Waals surface area contributed by atoms with Gasteiger partial charge in [-0.1, -0.05) is 18.7 Å². The minimum atomic E-state index is -0.855. The molecule has 1 amide bonds. The Morgan fingerprint density at radius 3 is 2.65 bits per heavy atom. The summed E-state index contributed by atoms with van der Waals surface area (Å²) in [7, 11) is 0. The van der Waals surface area contributed by atoms with Crippen molar-refractivity contribution in [3.8, 4) is 5.75 Å². The van der Waals surface area contributed by atoms with E-state index in [4.69, 9.17) is 9.15 Å². The number of aromatic nitrogens is 1. The molecule has 0 saturated carbocycles. The van der Waals surface area contributed by atoms with E-state index in [1.807, 2.05) is 6.07 Å². The van der Waals surface area contributed by atoms with Crippen molar-refractivity contribution in [3.63, 3.8) is 0 Å². The van der Waals surface area contributed by atoms with Gasteiger partial charge in [0, 0.05) is 24.5 Å². The number of carbonyl (C=O) groups is 2. The zero-order valence-electron chi connectivity index (χ0n) is 16.6. The molecule has 1 fully saturated rings. The maximum atomic E-state index is 12.9. The minimum absolute atomic E-state index is 0.0244. The van der Waals surface area contributed by atoms with Crippen LogP contribution in [0.4, 0.5) is 0 Å². The molecule has 4 rings (SSSR count). The number of ketones is 1. The lowest BCUT2D eigenvalue weighted by molar-refractivity contribution is -0.140. The Kier molecular flexibility index (Phi) is 5.66. The number of hydrogen-bond donors (Lipinski definition) is 1. The van der Waals surface area contributed by atoms with Crippen LogP contribution in [0, 0.1) is 0 Å². The van der Waals surface area contributed by atoms with E-state index in [0.717, 1.165) is 5.56 Å². The molecular weight excluding hydrogens is 396 g/mol. The number of aliphatic hydroxyl groups excluding tert-OH is 1. The van der Waals surface area contributed by atoms with Gasteiger partial charge in [-0.15, -0.1) is 0 Å². The van der Waals surface area contributed by atoms with Crippen molar-refractivity contribution >= 4 is 17.4 Å². The summed E-state index contributed by atoms with van der Waals surface area (Å²) in [5.41, 5.74) is 1.12. The minimum Gasteiger partial charge on any atom is -0.507 e. The smallest absolute Gasteiger partial charge is 0.296 e. The maximum Gasteiger partial charge on any atom is 0.296 e. The third kappa shape index (κ3) is 3.98. The number of carbonyl (C=O) groups excluding carboxylic acids is 2. The normalized spacial score (nSPS) is 17.7. The van der Waals surface area contributed by atoms with E-state index >= 15 is 0 Å². The number of hydrogen-bond acceptors (Lipinski definition) is 6. The van der Waals surface area contributed by atoms with Crippen LogP contribution in [0.5, 0.6) is 5.75 Å². The fourth-order valence-electron chi connectivity index (χ4n) is 3.49. The highest BCUT2D eigenvalue weighted by Gasteiger charge is 2.47.